The van der Waals surface area contributed by atoms with Gasteiger partial charge in [-0.05, 0) is 20.8 Å². The Kier molecular flexibility index (Phi) is 37.8. The Morgan fingerprint density at radius 2 is 0.542 bits per heavy atom. The third kappa shape index (κ3) is 42.9. The molecule has 0 saturated carbocycles. The van der Waals surface area contributed by atoms with Gasteiger partial charge in [-0.1, -0.05) is 0 Å². The van der Waals surface area contributed by atoms with Crippen molar-refractivity contribution in [2.24, 2.45) is 5.73 Å². The lowest BCUT2D eigenvalue weighted by atomic mass is 10.2. The lowest BCUT2D eigenvalue weighted by Crippen LogP contribution is -2.27. The minimum Gasteiger partial charge on any atom is -0.458 e. The van der Waals surface area contributed by atoms with Crippen molar-refractivity contribution in [1.82, 2.24) is 0 Å². The molecule has 0 aliphatic heterocycles. The normalized spacial score (nSPS) is 11.8. The monoisotopic (exact) mass is 703 g/mol. The van der Waals surface area contributed by atoms with E-state index in [1.54, 1.807) is 0 Å². The summed E-state index contributed by atoms with van der Waals surface area (Å²) in [6.45, 7) is 18.1. The van der Waals surface area contributed by atoms with Gasteiger partial charge in [-0.3, -0.25) is 0 Å². The molecule has 0 aromatic heterocycles. The van der Waals surface area contributed by atoms with E-state index in [-0.39, 0.29) is 12.6 Å². The zero-order valence-corrected chi connectivity index (χ0v) is 29.8. The largest absolute Gasteiger partial charge is 0.458 e. The summed E-state index contributed by atoms with van der Waals surface area (Å²) >= 11 is 0. The van der Waals surface area contributed by atoms with Crippen LogP contribution in [0.1, 0.15) is 20.8 Å². The third-order valence-electron chi connectivity index (χ3n) is 5.37. The standard InChI is InChI=1S/C32H65NO15/c1-32(2,3)48-31(34)30-47-29-28-46-27-26-45-25-24-44-23-22-43-21-20-42-19-18-41-17-16-40-15-14-39-13-12-38-11-10-37-9-8-36-7-6-35-5-4-33/h4-30,33H2,1-3H3. The first-order chi connectivity index (χ1) is 23.5. The predicted octanol–water partition coefficient (Wildman–Crippen LogP) is 0.503. The molecule has 0 saturated heterocycles. The summed E-state index contributed by atoms with van der Waals surface area (Å²) < 4.78 is 75.4. The maximum atomic E-state index is 11.5. The number of hydrogen-bond acceptors (Lipinski definition) is 16. The average Bonchev–Trinajstić information content (AvgIpc) is 3.05. The molecule has 0 aliphatic carbocycles. The highest BCUT2D eigenvalue weighted by atomic mass is 16.6. The van der Waals surface area contributed by atoms with Crippen LogP contribution in [0.4, 0.5) is 0 Å². The van der Waals surface area contributed by atoms with E-state index in [9.17, 15) is 4.79 Å². The molecule has 0 aromatic carbocycles. The number of rotatable bonds is 40. The van der Waals surface area contributed by atoms with Crippen LogP contribution in [-0.4, -0.2) is 190 Å². The van der Waals surface area contributed by atoms with E-state index in [1.165, 1.54) is 0 Å². The molecule has 0 radical (unpaired) electrons. The van der Waals surface area contributed by atoms with Gasteiger partial charge in [-0.2, -0.15) is 0 Å². The summed E-state index contributed by atoms with van der Waals surface area (Å²) in [6, 6.07) is 0. The highest BCUT2D eigenvalue weighted by molar-refractivity contribution is 5.71. The van der Waals surface area contributed by atoms with Crippen LogP contribution in [0.5, 0.6) is 0 Å². The Bertz CT molecular complexity index is 643. The Morgan fingerprint density at radius 3 is 0.729 bits per heavy atom. The summed E-state index contributed by atoms with van der Waals surface area (Å²) in [5.41, 5.74) is 4.82. The van der Waals surface area contributed by atoms with Crippen molar-refractivity contribution >= 4 is 5.97 Å². The minimum atomic E-state index is -0.512. The van der Waals surface area contributed by atoms with E-state index in [4.69, 9.17) is 72.0 Å². The summed E-state index contributed by atoms with van der Waals surface area (Å²) in [7, 11) is 0. The fraction of sp³-hybridized carbons (Fsp3) is 0.969. The van der Waals surface area contributed by atoms with Gasteiger partial charge in [-0.25, -0.2) is 4.79 Å². The Balaban J connectivity index is 3.09. The van der Waals surface area contributed by atoms with Crippen LogP contribution < -0.4 is 5.73 Å². The molecule has 0 heterocycles. The van der Waals surface area contributed by atoms with Crippen molar-refractivity contribution in [2.75, 3.05) is 178 Å². The number of carbonyl (C=O) groups excluding carboxylic acids is 1. The van der Waals surface area contributed by atoms with Crippen molar-refractivity contribution in [3.63, 3.8) is 0 Å². The second-order valence-electron chi connectivity index (χ2n) is 10.8. The van der Waals surface area contributed by atoms with Crippen molar-refractivity contribution < 1.29 is 71.1 Å². The van der Waals surface area contributed by atoms with Crippen molar-refractivity contribution in [1.29, 1.82) is 0 Å². The van der Waals surface area contributed by atoms with Crippen LogP contribution in [0.2, 0.25) is 0 Å². The lowest BCUT2D eigenvalue weighted by molar-refractivity contribution is -0.160. The van der Waals surface area contributed by atoms with E-state index in [0.29, 0.717) is 172 Å². The summed E-state index contributed by atoms with van der Waals surface area (Å²) in [6.07, 6.45) is 0. The SMILES string of the molecule is CC(C)(C)OC(=O)COCCOCCOCCOCCOCCOCCOCCOCCOCCOCCOCCOCCOCCN. The predicted molar refractivity (Wildman–Crippen MR) is 176 cm³/mol. The second-order valence-corrected chi connectivity index (χ2v) is 10.8. The van der Waals surface area contributed by atoms with Crippen molar-refractivity contribution in [2.45, 2.75) is 26.4 Å². The highest BCUT2D eigenvalue weighted by Gasteiger charge is 2.15. The molecular weight excluding hydrogens is 638 g/mol. The van der Waals surface area contributed by atoms with Crippen LogP contribution >= 0.6 is 0 Å². The Labute approximate surface area is 287 Å². The molecule has 0 aromatic rings. The van der Waals surface area contributed by atoms with E-state index in [2.05, 4.69) is 0 Å². The molecule has 0 atom stereocenters. The van der Waals surface area contributed by atoms with E-state index >= 15 is 0 Å². The van der Waals surface area contributed by atoms with Gasteiger partial charge >= 0.3 is 5.97 Å². The Morgan fingerprint density at radius 1 is 0.354 bits per heavy atom. The van der Waals surface area contributed by atoms with Crippen LogP contribution in [-0.2, 0) is 71.1 Å². The van der Waals surface area contributed by atoms with Gasteiger partial charge in [-0.15, -0.1) is 0 Å². The number of ether oxygens (including phenoxy) is 14. The van der Waals surface area contributed by atoms with Gasteiger partial charge in [0.25, 0.3) is 0 Å². The van der Waals surface area contributed by atoms with Gasteiger partial charge < -0.3 is 72.0 Å². The quantitative estimate of drug-likeness (QED) is 0.0690. The highest BCUT2D eigenvalue weighted by Crippen LogP contribution is 2.06. The molecular formula is C32H65NO15. The maximum Gasteiger partial charge on any atom is 0.332 e. The van der Waals surface area contributed by atoms with Gasteiger partial charge in [0.15, 0.2) is 0 Å². The zero-order valence-electron chi connectivity index (χ0n) is 29.8. The molecule has 0 rings (SSSR count). The van der Waals surface area contributed by atoms with E-state index < -0.39 is 5.60 Å². The van der Waals surface area contributed by atoms with Crippen LogP contribution in [0.3, 0.4) is 0 Å². The first kappa shape index (κ1) is 46.9. The molecule has 0 spiro atoms. The van der Waals surface area contributed by atoms with Crippen LogP contribution in [0, 0.1) is 0 Å². The number of esters is 1. The average molecular weight is 704 g/mol. The van der Waals surface area contributed by atoms with E-state index in [1.807, 2.05) is 20.8 Å². The van der Waals surface area contributed by atoms with Crippen LogP contribution in [0.15, 0.2) is 0 Å². The summed E-state index contributed by atoms with van der Waals surface area (Å²) in [5, 5.41) is 0. The van der Waals surface area contributed by atoms with Gasteiger partial charge in [0.1, 0.15) is 12.2 Å². The van der Waals surface area contributed by atoms with Gasteiger partial charge in [0.05, 0.1) is 165 Å². The Hall–Kier alpha value is -1.09. The molecule has 2 N–H and O–H groups in total. The smallest absolute Gasteiger partial charge is 0.332 e. The molecule has 0 unspecified atom stereocenters. The molecule has 0 fully saturated rings. The topological polar surface area (TPSA) is 172 Å². The summed E-state index contributed by atoms with van der Waals surface area (Å²) in [4.78, 5) is 11.5. The van der Waals surface area contributed by atoms with Crippen molar-refractivity contribution in [3.05, 3.63) is 0 Å². The third-order valence-corrected chi connectivity index (χ3v) is 5.37. The minimum absolute atomic E-state index is 0.0849. The molecule has 288 valence electrons. The molecule has 16 heteroatoms. The number of carbonyl (C=O) groups is 1. The fourth-order valence-corrected chi connectivity index (χ4v) is 3.25. The zero-order chi connectivity index (χ0) is 35.1. The molecule has 0 amide bonds. The molecule has 0 bridgehead atoms. The molecule has 0 aliphatic rings. The molecule has 48 heavy (non-hydrogen) atoms. The van der Waals surface area contributed by atoms with Crippen LogP contribution in [0.25, 0.3) is 0 Å². The number of hydrogen-bond donors (Lipinski definition) is 1. The maximum absolute atomic E-state index is 11.5. The number of nitrogens with two attached hydrogens (primary N) is 1. The first-order valence-corrected chi connectivity index (χ1v) is 16.9. The molecule has 16 nitrogen and oxygen atoms in total. The summed E-state index contributed by atoms with van der Waals surface area (Å²) in [5.74, 6) is -0.388. The fourth-order valence-electron chi connectivity index (χ4n) is 3.25. The van der Waals surface area contributed by atoms with Gasteiger partial charge in [0.2, 0.25) is 0 Å². The first-order valence-electron chi connectivity index (χ1n) is 16.9. The lowest BCUT2D eigenvalue weighted by Gasteiger charge is -2.19. The second kappa shape index (κ2) is 38.7. The van der Waals surface area contributed by atoms with Crippen molar-refractivity contribution in [3.8, 4) is 0 Å². The van der Waals surface area contributed by atoms with E-state index in [0.717, 1.165) is 0 Å². The van der Waals surface area contributed by atoms with Gasteiger partial charge in [0, 0.05) is 6.54 Å².